The predicted octanol–water partition coefficient (Wildman–Crippen LogP) is 11.9. The van der Waals surface area contributed by atoms with Gasteiger partial charge in [-0.1, -0.05) is 152 Å². The molecule has 266 valence electrons. The van der Waals surface area contributed by atoms with Crippen molar-refractivity contribution in [2.24, 2.45) is 4.99 Å². The Labute approximate surface area is 321 Å². The summed E-state index contributed by atoms with van der Waals surface area (Å²) in [7, 11) is 2.05. The molecule has 5 nitrogen and oxygen atoms in total. The van der Waals surface area contributed by atoms with Gasteiger partial charge in [0, 0.05) is 52.6 Å². The molecule has 0 aliphatic heterocycles. The number of aliphatic imine (C=N–C) groups is 1. The van der Waals surface area contributed by atoms with E-state index in [4.69, 9.17) is 4.99 Å². The van der Waals surface area contributed by atoms with E-state index in [0.29, 0.717) is 6.54 Å². The molecule has 0 unspecified atom stereocenters. The number of aromatic nitrogens is 1. The summed E-state index contributed by atoms with van der Waals surface area (Å²) in [6, 6.07) is 68.6. The minimum atomic E-state index is 0.545. The van der Waals surface area contributed by atoms with E-state index in [-0.39, 0.29) is 0 Å². The summed E-state index contributed by atoms with van der Waals surface area (Å²) in [6.07, 6.45) is 0. The topological polar surface area (TPSA) is 44.6 Å². The van der Waals surface area contributed by atoms with Gasteiger partial charge in [-0.3, -0.25) is 4.99 Å². The third-order valence-corrected chi connectivity index (χ3v) is 10.2. The molecule has 0 spiro atoms. The highest BCUT2D eigenvalue weighted by Gasteiger charge is 2.19. The normalized spacial score (nSPS) is 11.8. The summed E-state index contributed by atoms with van der Waals surface area (Å²) in [6.45, 7) is 1.30. The number of fused-ring (bicyclic) bond motifs is 5. The van der Waals surface area contributed by atoms with Crippen LogP contribution in [-0.4, -0.2) is 22.5 Å². The lowest BCUT2D eigenvalue weighted by Crippen LogP contribution is -2.39. The fraction of sp³-hybridized carbons (Fsp3) is 0.0600. The minimum Gasteiger partial charge on any atom is -0.355 e. The molecular weight excluding hydrogens is 671 g/mol. The average Bonchev–Trinajstić information content (AvgIpc) is 3.58. The number of nitrogens with one attached hydrogen (secondary N) is 2. The number of rotatable bonds is 10. The SMILES string of the molecule is CN(Cc1ccccc1)N/C(=N\Cc1ccc(-n2c3ccccc3c3c4ccccc4c(-c4ccccc4Nc4ccccc4)cc32)cc1)c1ccccc1. The Balaban J connectivity index is 1.10. The molecule has 0 atom stereocenters. The van der Waals surface area contributed by atoms with E-state index < -0.39 is 0 Å². The summed E-state index contributed by atoms with van der Waals surface area (Å²) >= 11 is 0. The fourth-order valence-electron chi connectivity index (χ4n) is 7.62. The van der Waals surface area contributed by atoms with Gasteiger partial charge in [0.05, 0.1) is 17.6 Å². The Kier molecular flexibility index (Phi) is 9.35. The number of nitrogens with zero attached hydrogens (tertiary/aromatic N) is 3. The van der Waals surface area contributed by atoms with Crippen LogP contribution in [0.3, 0.4) is 0 Å². The van der Waals surface area contributed by atoms with Gasteiger partial charge in [0.1, 0.15) is 5.84 Å². The van der Waals surface area contributed by atoms with E-state index in [0.717, 1.165) is 46.1 Å². The van der Waals surface area contributed by atoms with E-state index >= 15 is 0 Å². The zero-order chi connectivity index (χ0) is 37.0. The molecule has 55 heavy (non-hydrogen) atoms. The molecule has 1 aromatic heterocycles. The molecule has 0 aliphatic rings. The van der Waals surface area contributed by atoms with Crippen LogP contribution < -0.4 is 10.7 Å². The van der Waals surface area contributed by atoms with Gasteiger partial charge >= 0.3 is 0 Å². The van der Waals surface area contributed by atoms with Crippen molar-refractivity contribution in [3.05, 3.63) is 211 Å². The van der Waals surface area contributed by atoms with Crippen molar-refractivity contribution in [2.75, 3.05) is 12.4 Å². The number of amidine groups is 1. The lowest BCUT2D eigenvalue weighted by molar-refractivity contribution is 0.284. The molecule has 2 N–H and O–H groups in total. The highest BCUT2D eigenvalue weighted by atomic mass is 15.5. The number of benzene rings is 8. The van der Waals surface area contributed by atoms with Crippen LogP contribution in [0.1, 0.15) is 16.7 Å². The van der Waals surface area contributed by atoms with E-state index in [9.17, 15) is 0 Å². The molecule has 0 saturated carbocycles. The van der Waals surface area contributed by atoms with Gasteiger partial charge in [-0.2, -0.15) is 0 Å². The molecule has 0 bridgehead atoms. The predicted molar refractivity (Wildman–Crippen MR) is 231 cm³/mol. The van der Waals surface area contributed by atoms with Crippen LogP contribution in [-0.2, 0) is 13.1 Å². The first-order valence-corrected chi connectivity index (χ1v) is 18.8. The number of hydrogen-bond donors (Lipinski definition) is 2. The Morgan fingerprint density at radius 1 is 0.545 bits per heavy atom. The Hall–Kier alpha value is -6.95. The van der Waals surface area contributed by atoms with Crippen molar-refractivity contribution in [1.82, 2.24) is 15.0 Å². The summed E-state index contributed by atoms with van der Waals surface area (Å²) in [5, 5.41) is 10.7. The van der Waals surface area contributed by atoms with Crippen molar-refractivity contribution in [1.29, 1.82) is 0 Å². The van der Waals surface area contributed by atoms with Crippen LogP contribution in [0.4, 0.5) is 11.4 Å². The van der Waals surface area contributed by atoms with E-state index in [1.165, 1.54) is 43.7 Å². The van der Waals surface area contributed by atoms with Gasteiger partial charge in [-0.15, -0.1) is 0 Å². The highest BCUT2D eigenvalue weighted by molar-refractivity contribution is 6.24. The molecule has 9 aromatic rings. The second-order valence-corrected chi connectivity index (χ2v) is 13.9. The maximum Gasteiger partial charge on any atom is 0.143 e. The van der Waals surface area contributed by atoms with Gasteiger partial charge in [0.25, 0.3) is 0 Å². The van der Waals surface area contributed by atoms with Crippen molar-refractivity contribution in [3.8, 4) is 16.8 Å². The van der Waals surface area contributed by atoms with Gasteiger partial charge in [-0.25, -0.2) is 5.01 Å². The van der Waals surface area contributed by atoms with E-state index in [1.807, 2.05) is 18.2 Å². The Morgan fingerprint density at radius 3 is 1.93 bits per heavy atom. The Morgan fingerprint density at radius 2 is 1.16 bits per heavy atom. The maximum atomic E-state index is 5.11. The zero-order valence-electron chi connectivity index (χ0n) is 30.7. The van der Waals surface area contributed by atoms with Gasteiger partial charge in [-0.05, 0) is 69.9 Å². The standard InChI is InChI=1S/C50H41N5/c1-54(35-37-17-5-2-6-18-37)53-50(38-19-7-3-8-20-38)51-34-36-29-31-40(32-30-36)55-47-28-16-14-26-44(47)49-43-25-12-11-23-41(43)45(33-48(49)55)42-24-13-15-27-46(42)52-39-21-9-4-10-22-39/h2-33,52H,34-35H2,1H3,(H,51,53). The van der Waals surface area contributed by atoms with Crippen molar-refractivity contribution in [3.63, 3.8) is 0 Å². The van der Waals surface area contributed by atoms with E-state index in [2.05, 4.69) is 203 Å². The quantitative estimate of drug-likeness (QED) is 0.0843. The highest BCUT2D eigenvalue weighted by Crippen LogP contribution is 2.43. The fourth-order valence-corrected chi connectivity index (χ4v) is 7.62. The molecule has 8 aromatic carbocycles. The number of hydrazine groups is 1. The first-order chi connectivity index (χ1) is 27.2. The second kappa shape index (κ2) is 15.2. The summed E-state index contributed by atoms with van der Waals surface area (Å²) < 4.78 is 2.41. The van der Waals surface area contributed by atoms with Crippen LogP contribution in [0.15, 0.2) is 199 Å². The van der Waals surface area contributed by atoms with Crippen molar-refractivity contribution < 1.29 is 0 Å². The van der Waals surface area contributed by atoms with Crippen LogP contribution in [0.5, 0.6) is 0 Å². The lowest BCUT2D eigenvalue weighted by atomic mass is 9.94. The minimum absolute atomic E-state index is 0.545. The lowest BCUT2D eigenvalue weighted by Gasteiger charge is -2.21. The van der Waals surface area contributed by atoms with Crippen molar-refractivity contribution in [2.45, 2.75) is 13.1 Å². The maximum absolute atomic E-state index is 5.11. The van der Waals surface area contributed by atoms with Crippen molar-refractivity contribution >= 4 is 49.8 Å². The molecule has 1 heterocycles. The first kappa shape index (κ1) is 33.9. The summed E-state index contributed by atoms with van der Waals surface area (Å²) in [5.74, 6) is 0.840. The zero-order valence-corrected chi connectivity index (χ0v) is 30.7. The van der Waals surface area contributed by atoms with Crippen LogP contribution in [0, 0.1) is 0 Å². The second-order valence-electron chi connectivity index (χ2n) is 13.9. The summed E-state index contributed by atoms with van der Waals surface area (Å²) in [4.78, 5) is 5.11. The number of para-hydroxylation sites is 3. The third kappa shape index (κ3) is 6.97. The smallest absolute Gasteiger partial charge is 0.143 e. The van der Waals surface area contributed by atoms with Gasteiger partial charge in [0.2, 0.25) is 0 Å². The molecular formula is C50H41N5. The number of anilines is 2. The number of hydrogen-bond acceptors (Lipinski definition) is 3. The molecule has 0 aliphatic carbocycles. The third-order valence-electron chi connectivity index (χ3n) is 10.2. The van der Waals surface area contributed by atoms with Crippen LogP contribution >= 0.6 is 0 Å². The molecule has 5 heteroatoms. The molecule has 0 fully saturated rings. The average molecular weight is 712 g/mol. The van der Waals surface area contributed by atoms with Gasteiger partial charge in [0.15, 0.2) is 0 Å². The van der Waals surface area contributed by atoms with Crippen LogP contribution in [0.25, 0.3) is 49.4 Å². The molecule has 0 radical (unpaired) electrons. The van der Waals surface area contributed by atoms with E-state index in [1.54, 1.807) is 0 Å². The molecule has 0 amide bonds. The van der Waals surface area contributed by atoms with Gasteiger partial charge < -0.3 is 15.3 Å². The monoisotopic (exact) mass is 711 g/mol. The summed E-state index contributed by atoms with van der Waals surface area (Å²) in [5.41, 5.74) is 14.9. The molecule has 9 rings (SSSR count). The largest absolute Gasteiger partial charge is 0.355 e. The Bertz CT molecular complexity index is 2750. The van der Waals surface area contributed by atoms with Crippen LogP contribution in [0.2, 0.25) is 0 Å². The first-order valence-electron chi connectivity index (χ1n) is 18.8. The molecule has 0 saturated heterocycles.